The molecule has 0 atom stereocenters. The van der Waals surface area contributed by atoms with Crippen LogP contribution < -0.4 is 10.5 Å². The van der Waals surface area contributed by atoms with Crippen LogP contribution in [-0.2, 0) is 16.6 Å². The Morgan fingerprint density at radius 1 is 1.39 bits per heavy atom. The molecule has 6 nitrogen and oxygen atoms in total. The van der Waals surface area contributed by atoms with Crippen molar-refractivity contribution in [2.24, 2.45) is 0 Å². The van der Waals surface area contributed by atoms with E-state index in [0.29, 0.717) is 11.4 Å². The average Bonchev–Trinajstić information content (AvgIpc) is 2.83. The molecule has 0 saturated heterocycles. The lowest BCUT2D eigenvalue weighted by atomic mass is 10.2. The molecule has 0 spiro atoms. The molecular weight excluding hydrogens is 254 g/mol. The van der Waals surface area contributed by atoms with Gasteiger partial charge in [0.15, 0.2) is 0 Å². The molecule has 0 aliphatic carbocycles. The monoisotopic (exact) mass is 267 g/mol. The van der Waals surface area contributed by atoms with Gasteiger partial charge in [-0.1, -0.05) is 5.16 Å². The Morgan fingerprint density at radius 3 is 2.78 bits per heavy atom. The highest BCUT2D eigenvalue weighted by atomic mass is 32.2. The van der Waals surface area contributed by atoms with Gasteiger partial charge in [0.2, 0.25) is 10.0 Å². The molecule has 0 unspecified atom stereocenters. The van der Waals surface area contributed by atoms with E-state index >= 15 is 0 Å². The number of anilines is 1. The van der Waals surface area contributed by atoms with E-state index in [1.54, 1.807) is 19.1 Å². The summed E-state index contributed by atoms with van der Waals surface area (Å²) in [5.74, 6) is 0. The number of sulfonamides is 1. The summed E-state index contributed by atoms with van der Waals surface area (Å²) in [7, 11) is -3.56. The summed E-state index contributed by atoms with van der Waals surface area (Å²) in [5.41, 5.74) is 7.45. The van der Waals surface area contributed by atoms with Gasteiger partial charge < -0.3 is 10.3 Å². The number of aryl methyl sites for hydroxylation is 1. The lowest BCUT2D eigenvalue weighted by Crippen LogP contribution is -2.23. The molecule has 7 heteroatoms. The van der Waals surface area contributed by atoms with Gasteiger partial charge in [-0.05, 0) is 30.7 Å². The van der Waals surface area contributed by atoms with Crippen molar-refractivity contribution >= 4 is 15.7 Å². The number of nitrogen functional groups attached to an aromatic ring is 1. The summed E-state index contributed by atoms with van der Waals surface area (Å²) >= 11 is 0. The fourth-order valence-corrected chi connectivity index (χ4v) is 2.48. The molecular formula is C11H13N3O3S. The van der Waals surface area contributed by atoms with Crippen LogP contribution in [0, 0.1) is 6.92 Å². The molecule has 18 heavy (non-hydrogen) atoms. The molecule has 0 fully saturated rings. The zero-order chi connectivity index (χ0) is 13.2. The van der Waals surface area contributed by atoms with E-state index in [4.69, 9.17) is 5.73 Å². The van der Waals surface area contributed by atoms with Gasteiger partial charge in [0.25, 0.3) is 0 Å². The van der Waals surface area contributed by atoms with E-state index in [-0.39, 0.29) is 11.4 Å². The Kier molecular flexibility index (Phi) is 3.35. The average molecular weight is 267 g/mol. The van der Waals surface area contributed by atoms with Crippen molar-refractivity contribution in [2.75, 3.05) is 5.73 Å². The fourth-order valence-electron chi connectivity index (χ4n) is 1.40. The van der Waals surface area contributed by atoms with Crippen LogP contribution in [0.15, 0.2) is 39.9 Å². The van der Waals surface area contributed by atoms with Crippen LogP contribution in [0.2, 0.25) is 0 Å². The number of rotatable bonds is 4. The van der Waals surface area contributed by atoms with Crippen LogP contribution in [0.25, 0.3) is 0 Å². The van der Waals surface area contributed by atoms with Crippen molar-refractivity contribution in [3.63, 3.8) is 0 Å². The normalized spacial score (nSPS) is 11.6. The van der Waals surface area contributed by atoms with E-state index in [1.165, 1.54) is 18.4 Å². The Hall–Kier alpha value is -1.86. The molecule has 0 aliphatic rings. The predicted octanol–water partition coefficient (Wildman–Crippen LogP) is 1.04. The number of aromatic nitrogens is 1. The van der Waals surface area contributed by atoms with E-state index in [2.05, 4.69) is 14.4 Å². The molecule has 96 valence electrons. The highest BCUT2D eigenvalue weighted by Gasteiger charge is 2.14. The summed E-state index contributed by atoms with van der Waals surface area (Å²) < 4.78 is 31.0. The third-order valence-corrected chi connectivity index (χ3v) is 3.89. The summed E-state index contributed by atoms with van der Waals surface area (Å²) in [6.07, 6.45) is 1.39. The largest absolute Gasteiger partial charge is 0.399 e. The molecule has 2 aromatic rings. The van der Waals surface area contributed by atoms with Gasteiger partial charge in [0.05, 0.1) is 17.1 Å². The summed E-state index contributed by atoms with van der Waals surface area (Å²) in [5, 5.41) is 3.62. The number of nitrogens with zero attached hydrogens (tertiary/aromatic N) is 1. The third-order valence-electron chi connectivity index (χ3n) is 2.49. The first-order valence-electron chi connectivity index (χ1n) is 5.24. The lowest BCUT2D eigenvalue weighted by Gasteiger charge is -2.07. The van der Waals surface area contributed by atoms with Crippen LogP contribution in [0.1, 0.15) is 11.3 Å². The van der Waals surface area contributed by atoms with Crippen molar-refractivity contribution < 1.29 is 12.9 Å². The van der Waals surface area contributed by atoms with Gasteiger partial charge in [-0.25, -0.2) is 13.1 Å². The minimum atomic E-state index is -3.56. The van der Waals surface area contributed by atoms with E-state index < -0.39 is 10.0 Å². The zero-order valence-electron chi connectivity index (χ0n) is 9.75. The maximum atomic E-state index is 12.0. The standard InChI is InChI=1S/C11H13N3O3S/c1-8-6-10(2-3-11(8)12)18(15,16)13-7-9-4-5-17-14-9/h2-6,13H,7,12H2,1H3. The van der Waals surface area contributed by atoms with Crippen LogP contribution in [0.3, 0.4) is 0 Å². The second-order valence-corrected chi connectivity index (χ2v) is 5.60. The Balaban J connectivity index is 2.17. The quantitative estimate of drug-likeness (QED) is 0.807. The summed E-state index contributed by atoms with van der Waals surface area (Å²) in [4.78, 5) is 0.178. The zero-order valence-corrected chi connectivity index (χ0v) is 10.6. The van der Waals surface area contributed by atoms with Crippen LogP contribution >= 0.6 is 0 Å². The minimum absolute atomic E-state index is 0.0856. The van der Waals surface area contributed by atoms with Gasteiger partial charge >= 0.3 is 0 Å². The van der Waals surface area contributed by atoms with Crippen molar-refractivity contribution in [2.45, 2.75) is 18.4 Å². The SMILES string of the molecule is Cc1cc(S(=O)(=O)NCc2ccon2)ccc1N. The van der Waals surface area contributed by atoms with Crippen molar-refractivity contribution in [1.29, 1.82) is 0 Å². The second kappa shape index (κ2) is 4.79. The maximum absolute atomic E-state index is 12.0. The number of hydrogen-bond acceptors (Lipinski definition) is 5. The van der Waals surface area contributed by atoms with Crippen LogP contribution in [0.5, 0.6) is 0 Å². The Bertz CT molecular complexity index is 636. The number of hydrogen-bond donors (Lipinski definition) is 2. The number of nitrogens with one attached hydrogen (secondary N) is 1. The molecule has 0 radical (unpaired) electrons. The first-order valence-corrected chi connectivity index (χ1v) is 6.72. The van der Waals surface area contributed by atoms with E-state index in [1.807, 2.05) is 0 Å². The first-order chi connectivity index (χ1) is 8.49. The van der Waals surface area contributed by atoms with E-state index in [0.717, 1.165) is 5.56 Å². The molecule has 0 saturated carbocycles. The van der Waals surface area contributed by atoms with E-state index in [9.17, 15) is 8.42 Å². The number of nitrogens with two attached hydrogens (primary N) is 1. The van der Waals surface area contributed by atoms with Gasteiger partial charge in [-0.3, -0.25) is 0 Å². The predicted molar refractivity (Wildman–Crippen MR) is 66.1 cm³/mol. The molecule has 3 N–H and O–H groups in total. The number of benzene rings is 1. The molecule has 2 rings (SSSR count). The highest BCUT2D eigenvalue weighted by Crippen LogP contribution is 2.16. The third kappa shape index (κ3) is 2.69. The molecule has 1 heterocycles. The molecule has 1 aromatic heterocycles. The highest BCUT2D eigenvalue weighted by molar-refractivity contribution is 7.89. The van der Waals surface area contributed by atoms with Gasteiger partial charge in [-0.15, -0.1) is 0 Å². The van der Waals surface area contributed by atoms with Gasteiger partial charge in [-0.2, -0.15) is 0 Å². The second-order valence-electron chi connectivity index (χ2n) is 3.83. The van der Waals surface area contributed by atoms with Gasteiger partial charge in [0.1, 0.15) is 6.26 Å². The van der Waals surface area contributed by atoms with Crippen molar-refractivity contribution in [3.05, 3.63) is 41.8 Å². The smallest absolute Gasteiger partial charge is 0.240 e. The molecule has 0 bridgehead atoms. The molecule has 0 aliphatic heterocycles. The molecule has 1 aromatic carbocycles. The molecule has 0 amide bonds. The first kappa shape index (κ1) is 12.6. The minimum Gasteiger partial charge on any atom is -0.399 e. The summed E-state index contributed by atoms with van der Waals surface area (Å²) in [6, 6.07) is 6.16. The summed E-state index contributed by atoms with van der Waals surface area (Å²) in [6.45, 7) is 1.84. The fraction of sp³-hybridized carbons (Fsp3) is 0.182. The van der Waals surface area contributed by atoms with Gasteiger partial charge in [0, 0.05) is 11.8 Å². The Labute approximate surface area is 105 Å². The van der Waals surface area contributed by atoms with Crippen LogP contribution in [0.4, 0.5) is 5.69 Å². The maximum Gasteiger partial charge on any atom is 0.240 e. The Morgan fingerprint density at radius 2 is 2.17 bits per heavy atom. The van der Waals surface area contributed by atoms with Crippen molar-refractivity contribution in [3.8, 4) is 0 Å². The topological polar surface area (TPSA) is 98.2 Å². The van der Waals surface area contributed by atoms with Crippen molar-refractivity contribution in [1.82, 2.24) is 9.88 Å². The lowest BCUT2D eigenvalue weighted by molar-refractivity contribution is 0.411. The van der Waals surface area contributed by atoms with Crippen LogP contribution in [-0.4, -0.2) is 13.6 Å².